The standard InChI is InChI=1S/C14H20N4O2/c1-16(2)12(11-7-4-3-5-8-11)13(19)17-9-6-10-18(17)14(15)20/h3-5,7-8,12H,6,9-10H2,1-2H3,(H2,15,20)/t12-/m1/s1. The van der Waals surface area contributed by atoms with Crippen molar-refractivity contribution in [2.24, 2.45) is 5.73 Å². The van der Waals surface area contributed by atoms with Crippen molar-refractivity contribution in [2.75, 3.05) is 27.2 Å². The maximum atomic E-state index is 12.7. The number of hydrogen-bond donors (Lipinski definition) is 1. The Hall–Kier alpha value is -2.08. The second-order valence-electron chi connectivity index (χ2n) is 5.05. The van der Waals surface area contributed by atoms with Gasteiger partial charge in [0.2, 0.25) is 0 Å². The number of hydrogen-bond acceptors (Lipinski definition) is 3. The van der Waals surface area contributed by atoms with E-state index in [1.807, 2.05) is 49.3 Å². The van der Waals surface area contributed by atoms with Gasteiger partial charge in [-0.25, -0.2) is 14.8 Å². The highest BCUT2D eigenvalue weighted by atomic mass is 16.2. The van der Waals surface area contributed by atoms with Gasteiger partial charge in [-0.3, -0.25) is 9.69 Å². The third-order valence-corrected chi connectivity index (χ3v) is 3.41. The van der Waals surface area contributed by atoms with Crippen LogP contribution in [0.25, 0.3) is 0 Å². The van der Waals surface area contributed by atoms with Crippen LogP contribution in [0.15, 0.2) is 30.3 Å². The lowest BCUT2D eigenvalue weighted by molar-refractivity contribution is -0.145. The predicted octanol–water partition coefficient (Wildman–Crippen LogP) is 0.817. The second kappa shape index (κ2) is 5.92. The first-order valence-corrected chi connectivity index (χ1v) is 6.62. The van der Waals surface area contributed by atoms with Gasteiger partial charge in [0, 0.05) is 13.1 Å². The molecule has 0 unspecified atom stereocenters. The van der Waals surface area contributed by atoms with Crippen LogP contribution in [0.3, 0.4) is 0 Å². The Morgan fingerprint density at radius 1 is 1.15 bits per heavy atom. The van der Waals surface area contributed by atoms with Crippen molar-refractivity contribution < 1.29 is 9.59 Å². The minimum atomic E-state index is -0.582. The molecule has 1 fully saturated rings. The molecule has 2 N–H and O–H groups in total. The third-order valence-electron chi connectivity index (χ3n) is 3.41. The minimum Gasteiger partial charge on any atom is -0.350 e. The summed E-state index contributed by atoms with van der Waals surface area (Å²) in [6.07, 6.45) is 0.754. The van der Waals surface area contributed by atoms with Gasteiger partial charge in [-0.1, -0.05) is 30.3 Å². The zero-order valence-corrected chi connectivity index (χ0v) is 11.8. The molecule has 1 heterocycles. The van der Waals surface area contributed by atoms with Crippen molar-refractivity contribution >= 4 is 11.9 Å². The highest BCUT2D eigenvalue weighted by Crippen LogP contribution is 2.23. The van der Waals surface area contributed by atoms with Gasteiger partial charge in [0.15, 0.2) is 0 Å². The summed E-state index contributed by atoms with van der Waals surface area (Å²) in [5.74, 6) is -0.127. The van der Waals surface area contributed by atoms with E-state index in [2.05, 4.69) is 0 Å². The molecule has 0 spiro atoms. The molecule has 1 aliphatic rings. The topological polar surface area (TPSA) is 69.9 Å². The van der Waals surface area contributed by atoms with Crippen LogP contribution >= 0.6 is 0 Å². The molecule has 0 bridgehead atoms. The number of likely N-dealkylation sites (N-methyl/N-ethyl adjacent to an activating group) is 1. The van der Waals surface area contributed by atoms with Crippen molar-refractivity contribution in [1.82, 2.24) is 14.9 Å². The summed E-state index contributed by atoms with van der Waals surface area (Å²) in [6, 6.07) is 8.52. The van der Waals surface area contributed by atoms with Gasteiger partial charge in [-0.05, 0) is 26.1 Å². The van der Waals surface area contributed by atoms with E-state index >= 15 is 0 Å². The van der Waals surface area contributed by atoms with Gasteiger partial charge in [-0.2, -0.15) is 0 Å². The molecule has 20 heavy (non-hydrogen) atoms. The van der Waals surface area contributed by atoms with Crippen LogP contribution < -0.4 is 5.73 Å². The minimum absolute atomic E-state index is 0.127. The van der Waals surface area contributed by atoms with E-state index in [1.54, 1.807) is 0 Å². The van der Waals surface area contributed by atoms with Crippen LogP contribution in [0.1, 0.15) is 18.0 Å². The Kier molecular flexibility index (Phi) is 4.24. The summed E-state index contributed by atoms with van der Waals surface area (Å²) in [6.45, 7) is 1.02. The van der Waals surface area contributed by atoms with Crippen molar-refractivity contribution in [3.05, 3.63) is 35.9 Å². The third kappa shape index (κ3) is 2.75. The molecule has 1 aromatic rings. The Balaban J connectivity index is 2.26. The lowest BCUT2D eigenvalue weighted by Gasteiger charge is -2.32. The molecule has 1 saturated heterocycles. The molecule has 1 aliphatic heterocycles. The molecule has 0 saturated carbocycles. The number of urea groups is 1. The van der Waals surface area contributed by atoms with Crippen molar-refractivity contribution in [3.8, 4) is 0 Å². The molecule has 0 aromatic heterocycles. The fraction of sp³-hybridized carbons (Fsp3) is 0.429. The largest absolute Gasteiger partial charge is 0.350 e. The molecule has 6 nitrogen and oxygen atoms in total. The average molecular weight is 276 g/mol. The number of rotatable bonds is 3. The van der Waals surface area contributed by atoms with Crippen LogP contribution in [0, 0.1) is 0 Å². The lowest BCUT2D eigenvalue weighted by Crippen LogP contribution is -2.50. The smallest absolute Gasteiger partial charge is 0.333 e. The molecule has 108 valence electrons. The summed E-state index contributed by atoms with van der Waals surface area (Å²) in [4.78, 5) is 26.0. The van der Waals surface area contributed by atoms with Crippen molar-refractivity contribution in [2.45, 2.75) is 12.5 Å². The van der Waals surface area contributed by atoms with Crippen molar-refractivity contribution in [1.29, 1.82) is 0 Å². The highest BCUT2D eigenvalue weighted by molar-refractivity contribution is 5.86. The first-order valence-electron chi connectivity index (χ1n) is 6.62. The molecule has 1 aromatic carbocycles. The Bertz CT molecular complexity index is 489. The van der Waals surface area contributed by atoms with E-state index < -0.39 is 12.1 Å². The molecule has 3 amide bonds. The summed E-state index contributed by atoms with van der Waals surface area (Å²) in [5.41, 5.74) is 6.22. The molecule has 0 radical (unpaired) electrons. The van der Waals surface area contributed by atoms with E-state index in [9.17, 15) is 9.59 Å². The molecular formula is C14H20N4O2. The van der Waals surface area contributed by atoms with E-state index in [0.29, 0.717) is 13.1 Å². The zero-order chi connectivity index (χ0) is 14.7. The summed E-state index contributed by atoms with van der Waals surface area (Å²) in [5, 5.41) is 2.78. The fourth-order valence-corrected chi connectivity index (χ4v) is 2.51. The molecule has 0 aliphatic carbocycles. The normalized spacial score (nSPS) is 16.6. The molecule has 2 rings (SSSR count). The first-order chi connectivity index (χ1) is 9.52. The fourth-order valence-electron chi connectivity index (χ4n) is 2.51. The quantitative estimate of drug-likeness (QED) is 0.888. The lowest BCUT2D eigenvalue weighted by atomic mass is 10.1. The predicted molar refractivity (Wildman–Crippen MR) is 75.5 cm³/mol. The Morgan fingerprint density at radius 3 is 2.30 bits per heavy atom. The van der Waals surface area contributed by atoms with Crippen LogP contribution in [0.4, 0.5) is 4.79 Å². The van der Waals surface area contributed by atoms with E-state index in [0.717, 1.165) is 12.0 Å². The van der Waals surface area contributed by atoms with E-state index in [1.165, 1.54) is 10.0 Å². The highest BCUT2D eigenvalue weighted by Gasteiger charge is 2.35. The average Bonchev–Trinajstić information content (AvgIpc) is 2.89. The van der Waals surface area contributed by atoms with E-state index in [-0.39, 0.29) is 5.91 Å². The number of primary amides is 1. The number of nitrogens with two attached hydrogens (primary N) is 1. The first kappa shape index (κ1) is 14.3. The van der Waals surface area contributed by atoms with Gasteiger partial charge < -0.3 is 5.73 Å². The number of carbonyl (C=O) groups is 2. The van der Waals surface area contributed by atoms with E-state index in [4.69, 9.17) is 5.73 Å². The zero-order valence-electron chi connectivity index (χ0n) is 11.8. The number of amides is 3. The summed E-state index contributed by atoms with van der Waals surface area (Å²) < 4.78 is 0. The molecule has 6 heteroatoms. The Morgan fingerprint density at radius 2 is 1.75 bits per heavy atom. The summed E-state index contributed by atoms with van der Waals surface area (Å²) in [7, 11) is 3.69. The van der Waals surface area contributed by atoms with Gasteiger partial charge in [0.25, 0.3) is 5.91 Å². The Labute approximate surface area is 118 Å². The molecular weight excluding hydrogens is 256 g/mol. The van der Waals surface area contributed by atoms with Crippen LogP contribution in [0.5, 0.6) is 0 Å². The second-order valence-corrected chi connectivity index (χ2v) is 5.05. The maximum Gasteiger partial charge on any atom is 0.333 e. The van der Waals surface area contributed by atoms with Crippen LogP contribution in [-0.2, 0) is 4.79 Å². The number of carbonyl (C=O) groups excluding carboxylic acids is 2. The summed E-state index contributed by atoms with van der Waals surface area (Å²) >= 11 is 0. The number of benzene rings is 1. The van der Waals surface area contributed by atoms with Crippen molar-refractivity contribution in [3.63, 3.8) is 0 Å². The monoisotopic (exact) mass is 276 g/mol. The van der Waals surface area contributed by atoms with Crippen LogP contribution in [-0.4, -0.2) is 54.0 Å². The SMILES string of the molecule is CN(C)[C@@H](C(=O)N1CCCN1C(N)=O)c1ccccc1. The van der Waals surface area contributed by atoms with Gasteiger partial charge in [0.1, 0.15) is 6.04 Å². The van der Waals surface area contributed by atoms with Crippen LogP contribution in [0.2, 0.25) is 0 Å². The van der Waals surface area contributed by atoms with Gasteiger partial charge >= 0.3 is 6.03 Å². The molecule has 1 atom stereocenters. The van der Waals surface area contributed by atoms with Gasteiger partial charge in [-0.15, -0.1) is 0 Å². The maximum absolute atomic E-state index is 12.7. The van der Waals surface area contributed by atoms with Gasteiger partial charge in [0.05, 0.1) is 0 Å². The number of nitrogens with zero attached hydrogens (tertiary/aromatic N) is 3. The number of hydrazine groups is 1.